The fourth-order valence-electron chi connectivity index (χ4n) is 1.66. The predicted molar refractivity (Wildman–Crippen MR) is 74.3 cm³/mol. The Morgan fingerprint density at radius 2 is 2.05 bits per heavy atom. The highest BCUT2D eigenvalue weighted by Crippen LogP contribution is 2.26. The standard InChI is InChI=1S/C16H13FO3/c1-11-5-7-14(17)15(9-11)20-13-4-2-3-12(10-13)6-8-16(18)19/h2-10H,1H3,(H,18,19). The van der Waals surface area contributed by atoms with E-state index in [9.17, 15) is 9.18 Å². The summed E-state index contributed by atoms with van der Waals surface area (Å²) in [6.45, 7) is 1.85. The fourth-order valence-corrected chi connectivity index (χ4v) is 1.66. The zero-order valence-corrected chi connectivity index (χ0v) is 10.8. The first kappa shape index (κ1) is 13.8. The largest absolute Gasteiger partial charge is 0.478 e. The molecule has 102 valence electrons. The average molecular weight is 272 g/mol. The molecule has 0 aromatic heterocycles. The lowest BCUT2D eigenvalue weighted by atomic mass is 10.2. The maximum Gasteiger partial charge on any atom is 0.328 e. The minimum Gasteiger partial charge on any atom is -0.478 e. The maximum atomic E-state index is 13.6. The number of halogens is 1. The number of carbonyl (C=O) groups is 1. The van der Waals surface area contributed by atoms with Gasteiger partial charge in [0.15, 0.2) is 11.6 Å². The van der Waals surface area contributed by atoms with Crippen LogP contribution in [-0.2, 0) is 4.79 Å². The lowest BCUT2D eigenvalue weighted by molar-refractivity contribution is -0.131. The molecule has 2 aromatic rings. The van der Waals surface area contributed by atoms with Gasteiger partial charge in [0.25, 0.3) is 0 Å². The number of aliphatic carboxylic acids is 1. The van der Waals surface area contributed by atoms with Gasteiger partial charge in [-0.3, -0.25) is 0 Å². The van der Waals surface area contributed by atoms with Crippen molar-refractivity contribution >= 4 is 12.0 Å². The quantitative estimate of drug-likeness (QED) is 0.855. The molecule has 0 atom stereocenters. The van der Waals surface area contributed by atoms with Gasteiger partial charge in [0, 0.05) is 6.08 Å². The van der Waals surface area contributed by atoms with Gasteiger partial charge in [0.05, 0.1) is 0 Å². The van der Waals surface area contributed by atoms with E-state index in [1.165, 1.54) is 12.1 Å². The summed E-state index contributed by atoms with van der Waals surface area (Å²) in [5.41, 5.74) is 1.56. The summed E-state index contributed by atoms with van der Waals surface area (Å²) in [5.74, 6) is -0.880. The Bertz CT molecular complexity index is 663. The molecular weight excluding hydrogens is 259 g/mol. The predicted octanol–water partition coefficient (Wildman–Crippen LogP) is 4.02. The Hall–Kier alpha value is -2.62. The molecule has 0 aliphatic heterocycles. The molecule has 0 amide bonds. The van der Waals surface area contributed by atoms with Gasteiger partial charge in [-0.05, 0) is 48.4 Å². The minimum absolute atomic E-state index is 0.143. The molecule has 1 N–H and O–H groups in total. The summed E-state index contributed by atoms with van der Waals surface area (Å²) in [6.07, 6.45) is 2.48. The van der Waals surface area contributed by atoms with Crippen molar-refractivity contribution in [3.8, 4) is 11.5 Å². The minimum atomic E-state index is -1.03. The van der Waals surface area contributed by atoms with Crippen molar-refractivity contribution < 1.29 is 19.0 Å². The number of hydrogen-bond donors (Lipinski definition) is 1. The van der Waals surface area contributed by atoms with Gasteiger partial charge in [-0.2, -0.15) is 0 Å². The second kappa shape index (κ2) is 6.02. The average Bonchev–Trinajstić information content (AvgIpc) is 2.41. The monoisotopic (exact) mass is 272 g/mol. The number of ether oxygens (including phenoxy) is 1. The summed E-state index contributed by atoms with van der Waals surface area (Å²) in [5, 5.41) is 8.58. The zero-order chi connectivity index (χ0) is 14.5. The lowest BCUT2D eigenvalue weighted by Crippen LogP contribution is -1.90. The normalized spacial score (nSPS) is 10.7. The van der Waals surface area contributed by atoms with E-state index >= 15 is 0 Å². The molecule has 0 unspecified atom stereocenters. The van der Waals surface area contributed by atoms with Crippen LogP contribution in [0.2, 0.25) is 0 Å². The molecule has 0 fully saturated rings. The second-order valence-corrected chi connectivity index (χ2v) is 4.28. The zero-order valence-electron chi connectivity index (χ0n) is 10.8. The van der Waals surface area contributed by atoms with Crippen LogP contribution in [0, 0.1) is 12.7 Å². The molecule has 0 bridgehead atoms. The van der Waals surface area contributed by atoms with Crippen LogP contribution < -0.4 is 4.74 Å². The molecule has 0 spiro atoms. The highest BCUT2D eigenvalue weighted by Gasteiger charge is 2.05. The van der Waals surface area contributed by atoms with Crippen LogP contribution in [0.3, 0.4) is 0 Å². The summed E-state index contributed by atoms with van der Waals surface area (Å²) < 4.78 is 19.1. The number of carboxylic acid groups (broad SMARTS) is 1. The van der Waals surface area contributed by atoms with Gasteiger partial charge >= 0.3 is 5.97 Å². The molecule has 0 aliphatic rings. The van der Waals surface area contributed by atoms with Crippen LogP contribution in [-0.4, -0.2) is 11.1 Å². The molecule has 3 nitrogen and oxygen atoms in total. The highest BCUT2D eigenvalue weighted by molar-refractivity contribution is 5.85. The molecule has 4 heteroatoms. The van der Waals surface area contributed by atoms with Gasteiger partial charge in [-0.15, -0.1) is 0 Å². The van der Waals surface area contributed by atoms with Gasteiger partial charge in [0.1, 0.15) is 5.75 Å². The second-order valence-electron chi connectivity index (χ2n) is 4.28. The van der Waals surface area contributed by atoms with E-state index in [-0.39, 0.29) is 5.75 Å². The third-order valence-electron chi connectivity index (χ3n) is 2.59. The van der Waals surface area contributed by atoms with Crippen LogP contribution >= 0.6 is 0 Å². The molecule has 2 aromatic carbocycles. The van der Waals surface area contributed by atoms with E-state index in [2.05, 4.69) is 0 Å². The van der Waals surface area contributed by atoms with Gasteiger partial charge in [-0.25, -0.2) is 9.18 Å². The molecule has 0 saturated heterocycles. The van der Waals surface area contributed by atoms with E-state index in [4.69, 9.17) is 9.84 Å². The van der Waals surface area contributed by atoms with Crippen molar-refractivity contribution in [1.29, 1.82) is 0 Å². The van der Waals surface area contributed by atoms with E-state index in [1.54, 1.807) is 36.4 Å². The third-order valence-corrected chi connectivity index (χ3v) is 2.59. The SMILES string of the molecule is Cc1ccc(F)c(Oc2cccc(C=CC(=O)O)c2)c1. The summed E-state index contributed by atoms with van der Waals surface area (Å²) >= 11 is 0. The highest BCUT2D eigenvalue weighted by atomic mass is 19.1. The van der Waals surface area contributed by atoms with Crippen molar-refractivity contribution in [1.82, 2.24) is 0 Å². The van der Waals surface area contributed by atoms with Crippen molar-refractivity contribution in [3.05, 3.63) is 65.5 Å². The first-order chi connectivity index (χ1) is 9.54. The first-order valence-electron chi connectivity index (χ1n) is 6.00. The molecule has 20 heavy (non-hydrogen) atoms. The van der Waals surface area contributed by atoms with Crippen molar-refractivity contribution in [2.75, 3.05) is 0 Å². The Morgan fingerprint density at radius 1 is 1.25 bits per heavy atom. The topological polar surface area (TPSA) is 46.5 Å². The van der Waals surface area contributed by atoms with Crippen LogP contribution in [0.1, 0.15) is 11.1 Å². The molecule has 0 heterocycles. The van der Waals surface area contributed by atoms with E-state index in [0.717, 1.165) is 11.6 Å². The number of hydrogen-bond acceptors (Lipinski definition) is 2. The smallest absolute Gasteiger partial charge is 0.328 e. The maximum absolute atomic E-state index is 13.6. The van der Waals surface area contributed by atoms with Gasteiger partial charge in [-0.1, -0.05) is 18.2 Å². The van der Waals surface area contributed by atoms with E-state index in [0.29, 0.717) is 11.3 Å². The molecular formula is C16H13FO3. The molecule has 2 rings (SSSR count). The van der Waals surface area contributed by atoms with Crippen LogP contribution in [0.15, 0.2) is 48.5 Å². The van der Waals surface area contributed by atoms with Crippen molar-refractivity contribution in [3.63, 3.8) is 0 Å². The fraction of sp³-hybridized carbons (Fsp3) is 0.0625. The number of aryl methyl sites for hydroxylation is 1. The van der Waals surface area contributed by atoms with Gasteiger partial charge < -0.3 is 9.84 Å². The first-order valence-corrected chi connectivity index (χ1v) is 6.00. The Morgan fingerprint density at radius 3 is 2.80 bits per heavy atom. The summed E-state index contributed by atoms with van der Waals surface area (Å²) in [4.78, 5) is 10.5. The van der Waals surface area contributed by atoms with E-state index < -0.39 is 11.8 Å². The Balaban J connectivity index is 2.23. The van der Waals surface area contributed by atoms with Crippen LogP contribution in [0.4, 0.5) is 4.39 Å². The summed E-state index contributed by atoms with van der Waals surface area (Å²) in [7, 11) is 0. The Labute approximate surface area is 115 Å². The Kier molecular flexibility index (Phi) is 4.15. The number of rotatable bonds is 4. The molecule has 0 saturated carbocycles. The van der Waals surface area contributed by atoms with Gasteiger partial charge in [0.2, 0.25) is 0 Å². The molecule has 0 aliphatic carbocycles. The lowest BCUT2D eigenvalue weighted by Gasteiger charge is -2.08. The van der Waals surface area contributed by atoms with Crippen LogP contribution in [0.25, 0.3) is 6.08 Å². The number of carboxylic acids is 1. The van der Waals surface area contributed by atoms with Crippen molar-refractivity contribution in [2.45, 2.75) is 6.92 Å². The van der Waals surface area contributed by atoms with Crippen molar-refractivity contribution in [2.24, 2.45) is 0 Å². The molecule has 0 radical (unpaired) electrons. The van der Waals surface area contributed by atoms with Crippen LogP contribution in [0.5, 0.6) is 11.5 Å². The van der Waals surface area contributed by atoms with E-state index in [1.807, 2.05) is 6.92 Å². The summed E-state index contributed by atoms with van der Waals surface area (Å²) in [6, 6.07) is 11.4. The number of benzene rings is 2. The third kappa shape index (κ3) is 3.68.